The molecule has 1 amide bonds. The van der Waals surface area contributed by atoms with Gasteiger partial charge < -0.3 is 15.2 Å². The molecule has 0 unspecified atom stereocenters. The number of carbonyl (C=O) groups excluding carboxylic acids is 1. The Morgan fingerprint density at radius 1 is 1.26 bits per heavy atom. The molecule has 4 saturated carbocycles. The minimum absolute atomic E-state index is 0.102. The SMILES string of the molecule is COc1c(O)ccc(/C=C/C(=O)NC23CC4CC(CC(C4)C2)C3)c1[N+](=O)[O-]. The fourth-order valence-corrected chi connectivity index (χ4v) is 5.83. The minimum atomic E-state index is -0.616. The summed E-state index contributed by atoms with van der Waals surface area (Å²) in [6, 6.07) is 2.73. The van der Waals surface area contributed by atoms with Crippen molar-refractivity contribution in [2.75, 3.05) is 7.11 Å². The molecule has 7 nitrogen and oxygen atoms in total. The molecule has 4 aliphatic carbocycles. The zero-order valence-electron chi connectivity index (χ0n) is 15.3. The van der Waals surface area contributed by atoms with Crippen LogP contribution in [0.3, 0.4) is 0 Å². The van der Waals surface area contributed by atoms with E-state index >= 15 is 0 Å². The van der Waals surface area contributed by atoms with E-state index < -0.39 is 4.92 Å². The first-order valence-electron chi connectivity index (χ1n) is 9.44. The first-order chi connectivity index (χ1) is 12.9. The van der Waals surface area contributed by atoms with E-state index in [0.29, 0.717) is 0 Å². The van der Waals surface area contributed by atoms with Gasteiger partial charge in [0, 0.05) is 11.6 Å². The zero-order chi connectivity index (χ0) is 19.2. The molecule has 0 aliphatic heterocycles. The molecule has 4 bridgehead atoms. The Morgan fingerprint density at radius 3 is 2.37 bits per heavy atom. The molecule has 0 atom stereocenters. The van der Waals surface area contributed by atoms with Gasteiger partial charge in [0.2, 0.25) is 11.7 Å². The second kappa shape index (κ2) is 6.55. The summed E-state index contributed by atoms with van der Waals surface area (Å²) in [6.07, 6.45) is 9.79. The van der Waals surface area contributed by atoms with Crippen LogP contribution in [-0.2, 0) is 4.79 Å². The van der Waals surface area contributed by atoms with Crippen LogP contribution >= 0.6 is 0 Å². The first-order valence-corrected chi connectivity index (χ1v) is 9.44. The van der Waals surface area contributed by atoms with Crippen LogP contribution in [0.25, 0.3) is 6.08 Å². The lowest BCUT2D eigenvalue weighted by Gasteiger charge is -2.56. The van der Waals surface area contributed by atoms with E-state index in [1.807, 2.05) is 0 Å². The lowest BCUT2D eigenvalue weighted by molar-refractivity contribution is -0.386. The molecule has 4 fully saturated rings. The fourth-order valence-electron chi connectivity index (χ4n) is 5.83. The van der Waals surface area contributed by atoms with Gasteiger partial charge >= 0.3 is 5.69 Å². The summed E-state index contributed by atoms with van der Waals surface area (Å²) in [5.74, 6) is 1.44. The normalized spacial score (nSPS) is 31.2. The largest absolute Gasteiger partial charge is 0.504 e. The van der Waals surface area contributed by atoms with Crippen molar-refractivity contribution in [1.82, 2.24) is 5.32 Å². The van der Waals surface area contributed by atoms with E-state index in [1.165, 1.54) is 50.7 Å². The van der Waals surface area contributed by atoms with Crippen molar-refractivity contribution in [1.29, 1.82) is 0 Å². The molecule has 0 heterocycles. The highest BCUT2D eigenvalue weighted by Crippen LogP contribution is 2.55. The molecule has 27 heavy (non-hydrogen) atoms. The second-order valence-electron chi connectivity index (χ2n) is 8.33. The molecular formula is C20H24N2O5. The number of phenolic OH excluding ortho intramolecular Hbond substituents is 1. The monoisotopic (exact) mass is 372 g/mol. The number of nitrogens with zero attached hydrogens (tertiary/aromatic N) is 1. The fraction of sp³-hybridized carbons (Fsp3) is 0.550. The van der Waals surface area contributed by atoms with E-state index in [0.717, 1.165) is 37.0 Å². The first kappa shape index (κ1) is 17.8. The number of carbonyl (C=O) groups is 1. The average Bonchev–Trinajstić information content (AvgIpc) is 2.58. The molecule has 1 aromatic carbocycles. The number of ether oxygens (including phenoxy) is 1. The Balaban J connectivity index is 1.52. The van der Waals surface area contributed by atoms with E-state index in [-0.39, 0.29) is 34.2 Å². The second-order valence-corrected chi connectivity index (χ2v) is 8.33. The summed E-state index contributed by atoms with van der Waals surface area (Å²) in [4.78, 5) is 23.3. The van der Waals surface area contributed by atoms with Crippen LogP contribution in [-0.4, -0.2) is 28.6 Å². The number of nitrogens with one attached hydrogen (secondary N) is 1. The summed E-state index contributed by atoms with van der Waals surface area (Å²) in [7, 11) is 1.26. The predicted octanol–water partition coefficient (Wildman–Crippen LogP) is 3.41. The van der Waals surface area contributed by atoms with Crippen LogP contribution in [0.5, 0.6) is 11.5 Å². The molecule has 2 N–H and O–H groups in total. The van der Waals surface area contributed by atoms with Gasteiger partial charge in [-0.15, -0.1) is 0 Å². The van der Waals surface area contributed by atoms with Gasteiger partial charge in [-0.05, 0) is 74.5 Å². The Labute approximate surface area is 157 Å². The van der Waals surface area contributed by atoms with Crippen LogP contribution < -0.4 is 10.1 Å². The molecule has 1 aromatic rings. The Bertz CT molecular complexity index is 782. The molecular weight excluding hydrogens is 348 g/mol. The number of hydrogen-bond donors (Lipinski definition) is 2. The summed E-state index contributed by atoms with van der Waals surface area (Å²) in [5, 5.41) is 24.3. The van der Waals surface area contributed by atoms with Crippen LogP contribution in [0.1, 0.15) is 44.1 Å². The van der Waals surface area contributed by atoms with Gasteiger partial charge in [0.15, 0.2) is 5.75 Å². The highest BCUT2D eigenvalue weighted by Gasteiger charge is 2.51. The number of methoxy groups -OCH3 is 1. The summed E-state index contributed by atoms with van der Waals surface area (Å²) in [6.45, 7) is 0. The van der Waals surface area contributed by atoms with Gasteiger partial charge in [0.1, 0.15) is 0 Å². The van der Waals surface area contributed by atoms with E-state index in [1.54, 1.807) is 0 Å². The highest BCUT2D eigenvalue weighted by atomic mass is 16.6. The Hall–Kier alpha value is -2.57. The maximum absolute atomic E-state index is 12.6. The molecule has 0 spiro atoms. The van der Waals surface area contributed by atoms with Gasteiger partial charge in [-0.1, -0.05) is 0 Å². The number of benzene rings is 1. The lowest BCUT2D eigenvalue weighted by Crippen LogP contribution is -2.59. The van der Waals surface area contributed by atoms with Crippen LogP contribution in [0.2, 0.25) is 0 Å². The molecule has 5 rings (SSSR count). The van der Waals surface area contributed by atoms with Crippen molar-refractivity contribution in [3.63, 3.8) is 0 Å². The summed E-state index contributed by atoms with van der Waals surface area (Å²) in [5.41, 5.74) is -0.235. The molecule has 4 aliphatic rings. The molecule has 0 saturated heterocycles. The highest BCUT2D eigenvalue weighted by molar-refractivity contribution is 5.93. The summed E-state index contributed by atoms with van der Waals surface area (Å²) < 4.78 is 4.95. The van der Waals surface area contributed by atoms with Crippen molar-refractivity contribution < 1.29 is 19.6 Å². The maximum Gasteiger partial charge on any atom is 0.322 e. The number of rotatable bonds is 5. The van der Waals surface area contributed by atoms with Crippen molar-refractivity contribution in [2.24, 2.45) is 17.8 Å². The van der Waals surface area contributed by atoms with Gasteiger partial charge in [0.05, 0.1) is 17.6 Å². The van der Waals surface area contributed by atoms with Gasteiger partial charge in [-0.3, -0.25) is 14.9 Å². The molecule has 0 radical (unpaired) electrons. The number of nitro groups is 1. The third-order valence-electron chi connectivity index (χ3n) is 6.37. The number of phenols is 1. The lowest BCUT2D eigenvalue weighted by atomic mass is 9.53. The third-order valence-corrected chi connectivity index (χ3v) is 6.37. The standard InChI is InChI=1S/C20H24N2O5/c1-27-19-16(23)4-2-15(18(19)22(25)26)3-5-17(24)21-20-9-12-6-13(10-20)8-14(7-12)11-20/h2-5,12-14,23H,6-11H2,1H3,(H,21,24)/b5-3+. The van der Waals surface area contributed by atoms with Crippen molar-refractivity contribution >= 4 is 17.7 Å². The number of aromatic hydroxyl groups is 1. The Kier molecular flexibility index (Phi) is 4.32. The maximum atomic E-state index is 12.6. The van der Waals surface area contributed by atoms with Crippen molar-refractivity contribution in [3.05, 3.63) is 33.9 Å². The molecule has 7 heteroatoms. The van der Waals surface area contributed by atoms with Crippen molar-refractivity contribution in [2.45, 2.75) is 44.1 Å². The smallest absolute Gasteiger partial charge is 0.322 e. The van der Waals surface area contributed by atoms with Gasteiger partial charge in [0.25, 0.3) is 0 Å². The predicted molar refractivity (Wildman–Crippen MR) is 99.4 cm³/mol. The Morgan fingerprint density at radius 2 is 1.85 bits per heavy atom. The number of hydrogen-bond acceptors (Lipinski definition) is 5. The molecule has 144 valence electrons. The van der Waals surface area contributed by atoms with Gasteiger partial charge in [-0.2, -0.15) is 0 Å². The van der Waals surface area contributed by atoms with Crippen LogP contribution in [0.4, 0.5) is 5.69 Å². The quantitative estimate of drug-likeness (QED) is 0.468. The van der Waals surface area contributed by atoms with E-state index in [9.17, 15) is 20.0 Å². The van der Waals surface area contributed by atoms with E-state index in [4.69, 9.17) is 4.74 Å². The van der Waals surface area contributed by atoms with Crippen LogP contribution in [0.15, 0.2) is 18.2 Å². The number of amides is 1. The zero-order valence-corrected chi connectivity index (χ0v) is 15.3. The minimum Gasteiger partial charge on any atom is -0.504 e. The van der Waals surface area contributed by atoms with Gasteiger partial charge in [-0.25, -0.2) is 0 Å². The molecule has 0 aromatic heterocycles. The van der Waals surface area contributed by atoms with Crippen LogP contribution in [0, 0.1) is 27.9 Å². The third kappa shape index (κ3) is 3.26. The van der Waals surface area contributed by atoms with E-state index in [2.05, 4.69) is 5.32 Å². The topological polar surface area (TPSA) is 102 Å². The average molecular weight is 372 g/mol. The summed E-state index contributed by atoms with van der Waals surface area (Å²) >= 11 is 0. The number of nitro benzene ring substituents is 1. The van der Waals surface area contributed by atoms with Crippen molar-refractivity contribution in [3.8, 4) is 11.5 Å².